The molecular weight excluding hydrogens is 312 g/mol. The Balaban J connectivity index is 1.69. The predicted octanol–water partition coefficient (Wildman–Crippen LogP) is 4.45. The molecule has 0 aliphatic rings. The van der Waals surface area contributed by atoms with Gasteiger partial charge < -0.3 is 10.6 Å². The summed E-state index contributed by atoms with van der Waals surface area (Å²) in [7, 11) is 0. The van der Waals surface area contributed by atoms with Crippen LogP contribution in [0.2, 0.25) is 0 Å². The molecule has 2 amide bonds. The molecule has 3 rings (SSSR count). The van der Waals surface area contributed by atoms with E-state index in [1.165, 1.54) is 13.0 Å². The standard InChI is InChI=1S/C21H18N2O2/c1-15(24)22-18-12-9-16(10-13-18)11-14-21(25)23-20-8-4-6-17-5-2-3-7-19(17)20/h2-14H,1H3,(H,22,24)(H,23,25)/b14-11+. The van der Waals surface area contributed by atoms with Gasteiger partial charge in [-0.25, -0.2) is 0 Å². The van der Waals surface area contributed by atoms with Gasteiger partial charge in [-0.05, 0) is 35.2 Å². The maximum atomic E-state index is 12.2. The first-order valence-electron chi connectivity index (χ1n) is 7.96. The summed E-state index contributed by atoms with van der Waals surface area (Å²) in [5, 5.41) is 7.70. The average Bonchev–Trinajstić information content (AvgIpc) is 2.61. The lowest BCUT2D eigenvalue weighted by molar-refractivity contribution is -0.114. The molecule has 0 unspecified atom stereocenters. The fourth-order valence-corrected chi connectivity index (χ4v) is 2.56. The van der Waals surface area contributed by atoms with Crippen molar-refractivity contribution in [2.45, 2.75) is 6.92 Å². The van der Waals surface area contributed by atoms with E-state index in [4.69, 9.17) is 0 Å². The molecule has 0 radical (unpaired) electrons. The third-order valence-electron chi connectivity index (χ3n) is 3.71. The second-order valence-corrected chi connectivity index (χ2v) is 5.65. The number of nitrogens with one attached hydrogen (secondary N) is 2. The highest BCUT2D eigenvalue weighted by Gasteiger charge is 2.02. The lowest BCUT2D eigenvalue weighted by Gasteiger charge is -2.06. The molecule has 0 spiro atoms. The highest BCUT2D eigenvalue weighted by molar-refractivity contribution is 6.07. The van der Waals surface area contributed by atoms with Gasteiger partial charge in [0.15, 0.2) is 0 Å². The molecule has 4 nitrogen and oxygen atoms in total. The van der Waals surface area contributed by atoms with Gasteiger partial charge in [0.05, 0.1) is 0 Å². The number of hydrogen-bond donors (Lipinski definition) is 2. The number of amides is 2. The summed E-state index contributed by atoms with van der Waals surface area (Å²) in [5.41, 5.74) is 2.39. The Hall–Kier alpha value is -3.40. The smallest absolute Gasteiger partial charge is 0.248 e. The first-order chi connectivity index (χ1) is 12.1. The largest absolute Gasteiger partial charge is 0.326 e. The molecule has 0 atom stereocenters. The number of rotatable bonds is 4. The van der Waals surface area contributed by atoms with Crippen molar-refractivity contribution in [1.29, 1.82) is 0 Å². The Labute approximate surface area is 146 Å². The van der Waals surface area contributed by atoms with E-state index in [1.54, 1.807) is 18.2 Å². The highest BCUT2D eigenvalue weighted by Crippen LogP contribution is 2.23. The van der Waals surface area contributed by atoms with Gasteiger partial charge in [0.1, 0.15) is 0 Å². The number of carbonyl (C=O) groups is 2. The quantitative estimate of drug-likeness (QED) is 0.694. The summed E-state index contributed by atoms with van der Waals surface area (Å²) < 4.78 is 0. The SMILES string of the molecule is CC(=O)Nc1ccc(/C=C/C(=O)Nc2cccc3ccccc23)cc1. The Morgan fingerprint density at radius 3 is 2.32 bits per heavy atom. The number of carbonyl (C=O) groups excluding carboxylic acids is 2. The van der Waals surface area contributed by atoms with E-state index >= 15 is 0 Å². The Morgan fingerprint density at radius 2 is 1.56 bits per heavy atom. The Kier molecular flexibility index (Phi) is 4.90. The number of fused-ring (bicyclic) bond motifs is 1. The van der Waals surface area contributed by atoms with Crippen LogP contribution in [0.15, 0.2) is 72.8 Å². The van der Waals surface area contributed by atoms with E-state index < -0.39 is 0 Å². The summed E-state index contributed by atoms with van der Waals surface area (Å²) in [6, 6.07) is 21.0. The second-order valence-electron chi connectivity index (χ2n) is 5.65. The van der Waals surface area contributed by atoms with Gasteiger partial charge in [-0.2, -0.15) is 0 Å². The van der Waals surface area contributed by atoms with Crippen LogP contribution in [0.3, 0.4) is 0 Å². The maximum absolute atomic E-state index is 12.2. The molecular formula is C21H18N2O2. The molecule has 0 saturated heterocycles. The summed E-state index contributed by atoms with van der Waals surface area (Å²) in [5.74, 6) is -0.306. The van der Waals surface area contributed by atoms with Crippen LogP contribution in [0, 0.1) is 0 Å². The molecule has 0 aromatic heterocycles. The molecule has 0 bridgehead atoms. The maximum Gasteiger partial charge on any atom is 0.248 e. The van der Waals surface area contributed by atoms with Crippen LogP contribution in [0.5, 0.6) is 0 Å². The van der Waals surface area contributed by atoms with E-state index in [-0.39, 0.29) is 11.8 Å². The first-order valence-corrected chi connectivity index (χ1v) is 7.96. The normalized spacial score (nSPS) is 10.8. The first kappa shape index (κ1) is 16.5. The van der Waals surface area contributed by atoms with Gasteiger partial charge in [0.25, 0.3) is 0 Å². The molecule has 124 valence electrons. The van der Waals surface area contributed by atoms with Crippen molar-refractivity contribution >= 4 is 40.0 Å². The number of hydrogen-bond acceptors (Lipinski definition) is 2. The van der Waals surface area contributed by atoms with Gasteiger partial charge >= 0.3 is 0 Å². The zero-order valence-corrected chi connectivity index (χ0v) is 13.8. The zero-order valence-electron chi connectivity index (χ0n) is 13.8. The molecule has 3 aromatic carbocycles. The summed E-state index contributed by atoms with van der Waals surface area (Å²) >= 11 is 0. The van der Waals surface area contributed by atoms with Crippen molar-refractivity contribution in [1.82, 2.24) is 0 Å². The van der Waals surface area contributed by atoms with Crippen molar-refractivity contribution in [3.8, 4) is 0 Å². The summed E-state index contributed by atoms with van der Waals surface area (Å²) in [6.07, 6.45) is 3.23. The molecule has 3 aromatic rings. The van der Waals surface area contributed by atoms with E-state index in [2.05, 4.69) is 10.6 Å². The molecule has 0 aliphatic carbocycles. The van der Waals surface area contributed by atoms with Crippen molar-refractivity contribution in [3.63, 3.8) is 0 Å². The van der Waals surface area contributed by atoms with E-state index in [0.29, 0.717) is 0 Å². The third kappa shape index (κ3) is 4.32. The summed E-state index contributed by atoms with van der Waals surface area (Å²) in [6.45, 7) is 1.46. The highest BCUT2D eigenvalue weighted by atomic mass is 16.2. The van der Waals surface area contributed by atoms with Crippen molar-refractivity contribution in [2.75, 3.05) is 10.6 Å². The van der Waals surface area contributed by atoms with Crippen LogP contribution in [0.4, 0.5) is 11.4 Å². The van der Waals surface area contributed by atoms with Crippen LogP contribution in [-0.4, -0.2) is 11.8 Å². The van der Waals surface area contributed by atoms with Gasteiger partial charge in [-0.3, -0.25) is 9.59 Å². The molecule has 0 fully saturated rings. The fraction of sp³-hybridized carbons (Fsp3) is 0.0476. The minimum atomic E-state index is -0.192. The fourth-order valence-electron chi connectivity index (χ4n) is 2.56. The van der Waals surface area contributed by atoms with Gasteiger partial charge in [-0.15, -0.1) is 0 Å². The van der Waals surface area contributed by atoms with Crippen LogP contribution < -0.4 is 10.6 Å². The van der Waals surface area contributed by atoms with Crippen LogP contribution in [0.25, 0.3) is 16.8 Å². The second kappa shape index (κ2) is 7.45. The zero-order chi connectivity index (χ0) is 17.6. The van der Waals surface area contributed by atoms with Crippen LogP contribution in [-0.2, 0) is 9.59 Å². The average molecular weight is 330 g/mol. The van der Waals surface area contributed by atoms with Crippen LogP contribution >= 0.6 is 0 Å². The van der Waals surface area contributed by atoms with Crippen molar-refractivity contribution in [2.24, 2.45) is 0 Å². The minimum absolute atomic E-state index is 0.113. The van der Waals surface area contributed by atoms with E-state index in [9.17, 15) is 9.59 Å². The molecule has 0 aliphatic heterocycles. The van der Waals surface area contributed by atoms with Gasteiger partial charge in [0, 0.05) is 29.8 Å². The lowest BCUT2D eigenvalue weighted by atomic mass is 10.1. The van der Waals surface area contributed by atoms with Gasteiger partial charge in [-0.1, -0.05) is 48.5 Å². The van der Waals surface area contributed by atoms with Crippen LogP contribution in [0.1, 0.15) is 12.5 Å². The topological polar surface area (TPSA) is 58.2 Å². The molecule has 25 heavy (non-hydrogen) atoms. The molecule has 0 heterocycles. The number of anilines is 2. The molecule has 2 N–H and O–H groups in total. The molecule has 4 heteroatoms. The monoisotopic (exact) mass is 330 g/mol. The lowest BCUT2D eigenvalue weighted by Crippen LogP contribution is -2.08. The van der Waals surface area contributed by atoms with E-state index in [0.717, 1.165) is 27.7 Å². The third-order valence-corrected chi connectivity index (χ3v) is 3.71. The predicted molar refractivity (Wildman–Crippen MR) is 102 cm³/mol. The van der Waals surface area contributed by atoms with E-state index in [1.807, 2.05) is 54.6 Å². The Bertz CT molecular complexity index is 938. The van der Waals surface area contributed by atoms with Crippen molar-refractivity contribution < 1.29 is 9.59 Å². The van der Waals surface area contributed by atoms with Crippen molar-refractivity contribution in [3.05, 3.63) is 78.4 Å². The van der Waals surface area contributed by atoms with Gasteiger partial charge in [0.2, 0.25) is 11.8 Å². The number of benzene rings is 3. The molecule has 0 saturated carbocycles. The summed E-state index contributed by atoms with van der Waals surface area (Å²) in [4.78, 5) is 23.2. The minimum Gasteiger partial charge on any atom is -0.326 e. The Morgan fingerprint density at radius 1 is 0.840 bits per heavy atom.